The molecule has 4 bridgehead atoms. The predicted octanol–water partition coefficient (Wildman–Crippen LogP) is 1.75. The molecule has 4 aliphatic carbocycles. The predicted molar refractivity (Wildman–Crippen MR) is 82.4 cm³/mol. The topological polar surface area (TPSA) is 94.3 Å². The van der Waals surface area contributed by atoms with E-state index in [4.69, 9.17) is 9.15 Å². The quantitative estimate of drug-likeness (QED) is 0.825. The number of aromatic nitrogens is 2. The molecular weight excluding hydrogens is 310 g/mol. The van der Waals surface area contributed by atoms with Gasteiger partial charge in [-0.15, -0.1) is 10.2 Å². The number of hydrogen-bond acceptors (Lipinski definition) is 6. The SMILES string of the molecule is Cc1nnc(COC(=O)CNC(=O)C23CC4CC(CC(C4)C2)C3)o1. The Hall–Kier alpha value is -1.92. The molecule has 1 heterocycles. The Morgan fingerprint density at radius 3 is 2.33 bits per heavy atom. The van der Waals surface area contributed by atoms with Gasteiger partial charge in [-0.05, 0) is 56.3 Å². The summed E-state index contributed by atoms with van der Waals surface area (Å²) in [7, 11) is 0. The highest BCUT2D eigenvalue weighted by Crippen LogP contribution is 2.60. The van der Waals surface area contributed by atoms with Gasteiger partial charge in [0.25, 0.3) is 5.89 Å². The summed E-state index contributed by atoms with van der Waals surface area (Å²) in [6.07, 6.45) is 6.83. The smallest absolute Gasteiger partial charge is 0.325 e. The van der Waals surface area contributed by atoms with E-state index in [1.165, 1.54) is 19.3 Å². The first-order chi connectivity index (χ1) is 11.5. The van der Waals surface area contributed by atoms with Gasteiger partial charge in [0.15, 0.2) is 6.61 Å². The monoisotopic (exact) mass is 333 g/mol. The molecule has 4 saturated carbocycles. The molecule has 1 N–H and O–H groups in total. The third-order valence-electron chi connectivity index (χ3n) is 5.84. The Balaban J connectivity index is 1.28. The van der Waals surface area contributed by atoms with Crippen LogP contribution in [0.2, 0.25) is 0 Å². The van der Waals surface area contributed by atoms with Gasteiger partial charge in [0.1, 0.15) is 6.54 Å². The fraction of sp³-hybridized carbons (Fsp3) is 0.765. The maximum Gasteiger partial charge on any atom is 0.325 e. The molecule has 0 atom stereocenters. The van der Waals surface area contributed by atoms with E-state index in [2.05, 4.69) is 15.5 Å². The van der Waals surface area contributed by atoms with Crippen LogP contribution in [-0.4, -0.2) is 28.6 Å². The maximum atomic E-state index is 12.7. The Morgan fingerprint density at radius 1 is 1.17 bits per heavy atom. The molecule has 1 amide bonds. The van der Waals surface area contributed by atoms with Crippen LogP contribution in [0.1, 0.15) is 50.3 Å². The lowest BCUT2D eigenvalue weighted by atomic mass is 9.49. The Morgan fingerprint density at radius 2 is 1.79 bits per heavy atom. The molecule has 0 unspecified atom stereocenters. The number of amides is 1. The van der Waals surface area contributed by atoms with Crippen molar-refractivity contribution in [1.29, 1.82) is 0 Å². The summed E-state index contributed by atoms with van der Waals surface area (Å²) in [6, 6.07) is 0. The zero-order chi connectivity index (χ0) is 16.7. The van der Waals surface area contributed by atoms with E-state index in [1.54, 1.807) is 6.92 Å². The van der Waals surface area contributed by atoms with Crippen molar-refractivity contribution in [3.05, 3.63) is 11.8 Å². The Labute approximate surface area is 140 Å². The van der Waals surface area contributed by atoms with Gasteiger partial charge in [0.05, 0.1) is 0 Å². The number of esters is 1. The maximum absolute atomic E-state index is 12.7. The molecule has 0 spiro atoms. The number of ether oxygens (including phenoxy) is 1. The van der Waals surface area contributed by atoms with Crippen LogP contribution >= 0.6 is 0 Å². The van der Waals surface area contributed by atoms with Gasteiger partial charge in [-0.25, -0.2) is 0 Å². The van der Waals surface area contributed by atoms with Crippen LogP contribution in [-0.2, 0) is 20.9 Å². The van der Waals surface area contributed by atoms with Crippen molar-refractivity contribution in [3.63, 3.8) is 0 Å². The van der Waals surface area contributed by atoms with Crippen LogP contribution in [0, 0.1) is 30.1 Å². The minimum atomic E-state index is -0.482. The third-order valence-corrected chi connectivity index (χ3v) is 5.84. The average molecular weight is 333 g/mol. The standard InChI is InChI=1S/C17H23N3O4/c1-10-19-20-14(24-10)9-23-15(21)8-18-16(22)17-5-11-2-12(6-17)4-13(3-11)7-17/h11-13H,2-9H2,1H3,(H,18,22). The van der Waals surface area contributed by atoms with Crippen LogP contribution in [0.5, 0.6) is 0 Å². The van der Waals surface area contributed by atoms with Gasteiger partial charge in [0.2, 0.25) is 11.8 Å². The summed E-state index contributed by atoms with van der Waals surface area (Å²) in [5.41, 5.74) is -0.237. The summed E-state index contributed by atoms with van der Waals surface area (Å²) in [6.45, 7) is 1.50. The minimum Gasteiger partial charge on any atom is -0.454 e. The summed E-state index contributed by atoms with van der Waals surface area (Å²) >= 11 is 0. The summed E-state index contributed by atoms with van der Waals surface area (Å²) in [5.74, 6) is 2.35. The normalized spacial score (nSPS) is 33.5. The van der Waals surface area contributed by atoms with E-state index in [0.717, 1.165) is 19.3 Å². The molecule has 0 radical (unpaired) electrons. The number of nitrogens with zero attached hydrogens (tertiary/aromatic N) is 2. The molecular formula is C17H23N3O4. The van der Waals surface area contributed by atoms with Crippen LogP contribution in [0.4, 0.5) is 0 Å². The highest BCUT2D eigenvalue weighted by molar-refractivity contribution is 5.86. The van der Waals surface area contributed by atoms with Gasteiger partial charge in [0, 0.05) is 12.3 Å². The van der Waals surface area contributed by atoms with Gasteiger partial charge < -0.3 is 14.5 Å². The first-order valence-electron chi connectivity index (χ1n) is 8.75. The van der Waals surface area contributed by atoms with Crippen LogP contribution in [0.3, 0.4) is 0 Å². The van der Waals surface area contributed by atoms with Crippen molar-refractivity contribution < 1.29 is 18.7 Å². The first-order valence-corrected chi connectivity index (χ1v) is 8.75. The van der Waals surface area contributed by atoms with Crippen molar-refractivity contribution in [3.8, 4) is 0 Å². The van der Waals surface area contributed by atoms with Crippen molar-refractivity contribution in [2.24, 2.45) is 23.2 Å². The van der Waals surface area contributed by atoms with E-state index >= 15 is 0 Å². The third kappa shape index (κ3) is 2.91. The summed E-state index contributed by atoms with van der Waals surface area (Å²) in [4.78, 5) is 24.5. The van der Waals surface area contributed by atoms with E-state index in [-0.39, 0.29) is 30.4 Å². The molecule has 7 heteroatoms. The number of nitrogens with one attached hydrogen (secondary N) is 1. The van der Waals surface area contributed by atoms with Crippen molar-refractivity contribution in [2.45, 2.75) is 52.1 Å². The first kappa shape index (κ1) is 15.6. The highest BCUT2D eigenvalue weighted by Gasteiger charge is 2.54. The second kappa shape index (κ2) is 5.86. The van der Waals surface area contributed by atoms with Crippen LogP contribution in [0.25, 0.3) is 0 Å². The molecule has 0 aliphatic heterocycles. The average Bonchev–Trinajstić information content (AvgIpc) is 2.95. The number of carbonyl (C=O) groups excluding carboxylic acids is 2. The molecule has 0 aromatic carbocycles. The Bertz CT molecular complexity index is 619. The van der Waals surface area contributed by atoms with E-state index in [0.29, 0.717) is 23.6 Å². The fourth-order valence-corrected chi connectivity index (χ4v) is 5.32. The van der Waals surface area contributed by atoms with Crippen LogP contribution in [0.15, 0.2) is 4.42 Å². The molecule has 4 fully saturated rings. The lowest BCUT2D eigenvalue weighted by molar-refractivity contribution is -0.151. The van der Waals surface area contributed by atoms with Gasteiger partial charge >= 0.3 is 5.97 Å². The van der Waals surface area contributed by atoms with Gasteiger partial charge in [-0.2, -0.15) is 0 Å². The molecule has 1 aromatic heterocycles. The van der Waals surface area contributed by atoms with E-state index in [9.17, 15) is 9.59 Å². The molecule has 24 heavy (non-hydrogen) atoms. The number of hydrogen-bond donors (Lipinski definition) is 1. The zero-order valence-corrected chi connectivity index (χ0v) is 13.9. The lowest BCUT2D eigenvalue weighted by Gasteiger charge is -2.55. The second-order valence-electron chi connectivity index (χ2n) is 7.76. The number of rotatable bonds is 5. The molecule has 0 saturated heterocycles. The number of aryl methyl sites for hydroxylation is 1. The van der Waals surface area contributed by atoms with Gasteiger partial charge in [-0.3, -0.25) is 9.59 Å². The summed E-state index contributed by atoms with van der Waals surface area (Å²) < 4.78 is 10.2. The molecule has 7 nitrogen and oxygen atoms in total. The van der Waals surface area contributed by atoms with Crippen molar-refractivity contribution in [2.75, 3.05) is 6.54 Å². The van der Waals surface area contributed by atoms with E-state index < -0.39 is 5.97 Å². The zero-order valence-electron chi connectivity index (χ0n) is 13.9. The molecule has 130 valence electrons. The molecule has 5 rings (SSSR count). The summed E-state index contributed by atoms with van der Waals surface area (Å²) in [5, 5.41) is 10.2. The van der Waals surface area contributed by atoms with Gasteiger partial charge in [-0.1, -0.05) is 0 Å². The number of carbonyl (C=O) groups is 2. The fourth-order valence-electron chi connectivity index (χ4n) is 5.32. The molecule has 4 aliphatic rings. The lowest BCUT2D eigenvalue weighted by Crippen LogP contribution is -2.54. The minimum absolute atomic E-state index is 0.0344. The van der Waals surface area contributed by atoms with Crippen molar-refractivity contribution >= 4 is 11.9 Å². The second-order valence-corrected chi connectivity index (χ2v) is 7.76. The largest absolute Gasteiger partial charge is 0.454 e. The van der Waals surface area contributed by atoms with Crippen molar-refractivity contribution in [1.82, 2.24) is 15.5 Å². The highest BCUT2D eigenvalue weighted by atomic mass is 16.5. The molecule has 1 aromatic rings. The van der Waals surface area contributed by atoms with Crippen LogP contribution < -0.4 is 5.32 Å². The van der Waals surface area contributed by atoms with E-state index in [1.807, 2.05) is 0 Å². The Kier molecular flexibility index (Phi) is 3.81.